The van der Waals surface area contributed by atoms with Gasteiger partial charge in [-0.3, -0.25) is 9.59 Å². The van der Waals surface area contributed by atoms with Crippen LogP contribution in [0.5, 0.6) is 0 Å². The van der Waals surface area contributed by atoms with Gasteiger partial charge in [-0.15, -0.1) is 5.10 Å². The Hall–Kier alpha value is -2.77. The smallest absolute Gasteiger partial charge is 0.305 e. The van der Waals surface area contributed by atoms with Gasteiger partial charge in [-0.1, -0.05) is 6.07 Å². The van der Waals surface area contributed by atoms with E-state index in [2.05, 4.69) is 15.5 Å². The number of amides is 1. The van der Waals surface area contributed by atoms with Crippen LogP contribution in [-0.4, -0.2) is 57.2 Å². The average Bonchev–Trinajstić information content (AvgIpc) is 3.16. The molecule has 0 unspecified atom stereocenters. The summed E-state index contributed by atoms with van der Waals surface area (Å²) >= 11 is 0. The molecule has 1 aliphatic heterocycles. The first-order valence-corrected chi connectivity index (χ1v) is 7.87. The molecule has 1 saturated heterocycles. The Labute approximate surface area is 139 Å². The third-order valence-electron chi connectivity index (χ3n) is 4.29. The number of methoxy groups -OCH3 is 1. The molecule has 0 bridgehead atoms. The third-order valence-corrected chi connectivity index (χ3v) is 4.29. The van der Waals surface area contributed by atoms with Gasteiger partial charge in [0.25, 0.3) is 5.91 Å². The molecule has 1 aliphatic rings. The molecule has 2 aromatic rings. The lowest BCUT2D eigenvalue weighted by Crippen LogP contribution is -2.39. The summed E-state index contributed by atoms with van der Waals surface area (Å²) in [5.41, 5.74) is 1.35. The molecule has 0 radical (unpaired) electrons. The second kappa shape index (κ2) is 7.20. The summed E-state index contributed by atoms with van der Waals surface area (Å²) < 4.78 is 6.22. The van der Waals surface area contributed by atoms with Gasteiger partial charge in [-0.05, 0) is 47.4 Å². The number of nitrogens with zero attached hydrogens (tertiary/aromatic N) is 5. The van der Waals surface area contributed by atoms with Crippen molar-refractivity contribution in [2.24, 2.45) is 5.92 Å². The molecular formula is C16H19N5O3. The summed E-state index contributed by atoms with van der Waals surface area (Å²) in [4.78, 5) is 25.9. The van der Waals surface area contributed by atoms with Crippen LogP contribution in [-0.2, 0) is 9.53 Å². The van der Waals surface area contributed by atoms with E-state index in [1.807, 2.05) is 17.0 Å². The van der Waals surface area contributed by atoms with E-state index in [0.717, 1.165) is 18.5 Å². The van der Waals surface area contributed by atoms with E-state index in [9.17, 15) is 9.59 Å². The number of carbonyl (C=O) groups is 2. The first-order valence-electron chi connectivity index (χ1n) is 7.87. The first kappa shape index (κ1) is 16.1. The summed E-state index contributed by atoms with van der Waals surface area (Å²) in [6, 6.07) is 7.22. The molecule has 3 rings (SSSR count). The number of piperidine rings is 1. The number of esters is 1. The molecule has 24 heavy (non-hydrogen) atoms. The van der Waals surface area contributed by atoms with Crippen molar-refractivity contribution in [3.63, 3.8) is 0 Å². The average molecular weight is 329 g/mol. The molecule has 1 aromatic heterocycles. The predicted molar refractivity (Wildman–Crippen MR) is 84.4 cm³/mol. The predicted octanol–water partition coefficient (Wildman–Crippen LogP) is 1.08. The van der Waals surface area contributed by atoms with Crippen molar-refractivity contribution in [2.75, 3.05) is 20.2 Å². The van der Waals surface area contributed by atoms with Crippen LogP contribution >= 0.6 is 0 Å². The van der Waals surface area contributed by atoms with Gasteiger partial charge in [-0.25, -0.2) is 4.68 Å². The largest absolute Gasteiger partial charge is 0.469 e. The summed E-state index contributed by atoms with van der Waals surface area (Å²) in [6.45, 7) is 1.30. The molecule has 0 N–H and O–H groups in total. The normalized spacial score (nSPS) is 15.3. The fourth-order valence-electron chi connectivity index (χ4n) is 2.90. The van der Waals surface area contributed by atoms with Crippen LogP contribution in [0.1, 0.15) is 29.6 Å². The highest BCUT2D eigenvalue weighted by Gasteiger charge is 2.25. The molecule has 8 nitrogen and oxygen atoms in total. The number of rotatable bonds is 4. The van der Waals surface area contributed by atoms with Gasteiger partial charge in [0, 0.05) is 25.1 Å². The van der Waals surface area contributed by atoms with E-state index in [4.69, 9.17) is 4.74 Å². The maximum Gasteiger partial charge on any atom is 0.305 e. The van der Waals surface area contributed by atoms with Crippen LogP contribution < -0.4 is 0 Å². The van der Waals surface area contributed by atoms with Crippen molar-refractivity contribution in [2.45, 2.75) is 19.3 Å². The standard InChI is InChI=1S/C16H19N5O3/c1-24-15(22)9-12-5-7-20(8-6-12)16(23)13-3-2-4-14(10-13)21-11-17-18-19-21/h2-4,10-12H,5-9H2,1H3. The SMILES string of the molecule is COC(=O)CC1CCN(C(=O)c2cccc(-n3cnnn3)c2)CC1. The van der Waals surface area contributed by atoms with Crippen molar-refractivity contribution in [3.05, 3.63) is 36.2 Å². The Morgan fingerprint density at radius 3 is 2.75 bits per heavy atom. The van der Waals surface area contributed by atoms with Gasteiger partial charge >= 0.3 is 5.97 Å². The molecule has 0 spiro atoms. The summed E-state index contributed by atoms with van der Waals surface area (Å²) in [6.07, 6.45) is 3.54. The fraction of sp³-hybridized carbons (Fsp3) is 0.438. The lowest BCUT2D eigenvalue weighted by Gasteiger charge is -2.31. The van der Waals surface area contributed by atoms with E-state index in [0.29, 0.717) is 25.1 Å². The second-order valence-electron chi connectivity index (χ2n) is 5.82. The van der Waals surface area contributed by atoms with Crippen LogP contribution in [0, 0.1) is 5.92 Å². The molecule has 0 atom stereocenters. The van der Waals surface area contributed by atoms with Crippen LogP contribution in [0.25, 0.3) is 5.69 Å². The van der Waals surface area contributed by atoms with Gasteiger partial charge in [0.15, 0.2) is 0 Å². The van der Waals surface area contributed by atoms with Gasteiger partial charge in [0.05, 0.1) is 12.8 Å². The van der Waals surface area contributed by atoms with Crippen LogP contribution in [0.4, 0.5) is 0 Å². The van der Waals surface area contributed by atoms with E-state index in [-0.39, 0.29) is 17.8 Å². The number of likely N-dealkylation sites (tertiary alicyclic amines) is 1. The maximum absolute atomic E-state index is 12.7. The lowest BCUT2D eigenvalue weighted by atomic mass is 9.93. The van der Waals surface area contributed by atoms with E-state index in [1.165, 1.54) is 18.1 Å². The highest BCUT2D eigenvalue weighted by molar-refractivity contribution is 5.94. The third kappa shape index (κ3) is 3.58. The Morgan fingerprint density at radius 1 is 1.29 bits per heavy atom. The quantitative estimate of drug-likeness (QED) is 0.780. The minimum atomic E-state index is -0.186. The molecule has 1 fully saturated rings. The number of benzene rings is 1. The van der Waals surface area contributed by atoms with Crippen LogP contribution in [0.2, 0.25) is 0 Å². The summed E-state index contributed by atoms with van der Waals surface area (Å²) in [7, 11) is 1.40. The van der Waals surface area contributed by atoms with Gasteiger partial charge in [0.2, 0.25) is 0 Å². The minimum Gasteiger partial charge on any atom is -0.469 e. The molecule has 0 saturated carbocycles. The zero-order chi connectivity index (χ0) is 16.9. The Bertz CT molecular complexity index is 708. The number of hydrogen-bond donors (Lipinski definition) is 0. The van der Waals surface area contributed by atoms with Gasteiger partial charge < -0.3 is 9.64 Å². The zero-order valence-electron chi connectivity index (χ0n) is 13.5. The summed E-state index contributed by atoms with van der Waals surface area (Å²) in [5.74, 6) is 0.0874. The maximum atomic E-state index is 12.7. The van der Waals surface area contributed by atoms with E-state index in [1.54, 1.807) is 12.1 Å². The minimum absolute atomic E-state index is 0.0126. The first-order chi connectivity index (χ1) is 11.7. The Kier molecular flexibility index (Phi) is 4.83. The van der Waals surface area contributed by atoms with E-state index < -0.39 is 0 Å². The molecule has 0 aliphatic carbocycles. The zero-order valence-corrected chi connectivity index (χ0v) is 13.5. The van der Waals surface area contributed by atoms with Crippen molar-refractivity contribution >= 4 is 11.9 Å². The monoisotopic (exact) mass is 329 g/mol. The number of carbonyl (C=O) groups excluding carboxylic acids is 2. The second-order valence-corrected chi connectivity index (χ2v) is 5.82. The van der Waals surface area contributed by atoms with E-state index >= 15 is 0 Å². The van der Waals surface area contributed by atoms with Gasteiger partial charge in [-0.2, -0.15) is 0 Å². The molecule has 126 valence electrons. The number of ether oxygens (including phenoxy) is 1. The van der Waals surface area contributed by atoms with Crippen LogP contribution in [0.3, 0.4) is 0 Å². The molecular weight excluding hydrogens is 310 g/mol. The molecule has 1 aromatic carbocycles. The van der Waals surface area contributed by atoms with Crippen molar-refractivity contribution in [3.8, 4) is 5.69 Å². The highest BCUT2D eigenvalue weighted by atomic mass is 16.5. The Balaban J connectivity index is 1.63. The van der Waals surface area contributed by atoms with Crippen molar-refractivity contribution < 1.29 is 14.3 Å². The lowest BCUT2D eigenvalue weighted by molar-refractivity contribution is -0.142. The molecule has 2 heterocycles. The van der Waals surface area contributed by atoms with Crippen LogP contribution in [0.15, 0.2) is 30.6 Å². The van der Waals surface area contributed by atoms with Crippen molar-refractivity contribution in [1.29, 1.82) is 0 Å². The van der Waals surface area contributed by atoms with Gasteiger partial charge in [0.1, 0.15) is 6.33 Å². The molecule has 8 heteroatoms. The summed E-state index contributed by atoms with van der Waals surface area (Å²) in [5, 5.41) is 11.0. The number of tetrazole rings is 1. The van der Waals surface area contributed by atoms with Crippen molar-refractivity contribution in [1.82, 2.24) is 25.1 Å². The molecule has 1 amide bonds. The Morgan fingerprint density at radius 2 is 2.08 bits per heavy atom. The number of aromatic nitrogens is 4. The number of hydrogen-bond acceptors (Lipinski definition) is 6. The fourth-order valence-corrected chi connectivity index (χ4v) is 2.90. The topological polar surface area (TPSA) is 90.2 Å². The highest BCUT2D eigenvalue weighted by Crippen LogP contribution is 2.22.